The van der Waals surface area contributed by atoms with Gasteiger partial charge in [-0.15, -0.1) is 0 Å². The van der Waals surface area contributed by atoms with Crippen molar-refractivity contribution in [2.45, 2.75) is 20.0 Å². The van der Waals surface area contributed by atoms with Crippen LogP contribution in [0.5, 0.6) is 0 Å². The molecule has 1 atom stereocenters. The molecular formula is C10H15O3P. The summed E-state index contributed by atoms with van der Waals surface area (Å²) in [6, 6.07) is 8.81. The number of rotatable bonds is 4. The molecule has 0 aliphatic rings. The fraction of sp³-hybridized carbons (Fsp3) is 0.400. The molecule has 1 aromatic carbocycles. The Hall–Kier alpha value is -0.630. The van der Waals surface area contributed by atoms with Crippen molar-refractivity contribution in [2.75, 3.05) is 6.35 Å². The summed E-state index contributed by atoms with van der Waals surface area (Å²) in [5, 5.41) is 9.67. The normalized spacial score (nSPS) is 15.4. The van der Waals surface area contributed by atoms with Gasteiger partial charge in [0.05, 0.1) is 6.10 Å². The lowest BCUT2D eigenvalue weighted by Gasteiger charge is -2.18. The molecular weight excluding hydrogens is 199 g/mol. The summed E-state index contributed by atoms with van der Waals surface area (Å²) in [5.41, 5.74) is 0. The van der Waals surface area contributed by atoms with Gasteiger partial charge in [-0.1, -0.05) is 18.2 Å². The van der Waals surface area contributed by atoms with Crippen LogP contribution in [0, 0.1) is 0 Å². The first-order valence-electron chi connectivity index (χ1n) is 4.52. The summed E-state index contributed by atoms with van der Waals surface area (Å²) in [5.74, 6) is 0. The fourth-order valence-corrected chi connectivity index (χ4v) is 2.83. The minimum Gasteiger partial charge on any atom is -0.386 e. The van der Waals surface area contributed by atoms with Crippen molar-refractivity contribution in [1.29, 1.82) is 0 Å². The Balaban J connectivity index is 2.97. The summed E-state index contributed by atoms with van der Waals surface area (Å²) in [4.78, 5) is 0. The summed E-state index contributed by atoms with van der Waals surface area (Å²) in [6.07, 6.45) is -0.608. The quantitative estimate of drug-likeness (QED) is 0.779. The maximum absolute atomic E-state index is 12.1. The van der Waals surface area contributed by atoms with Gasteiger partial charge in [-0.25, -0.2) is 0 Å². The first-order valence-corrected chi connectivity index (χ1v) is 6.33. The molecule has 0 spiro atoms. The summed E-state index contributed by atoms with van der Waals surface area (Å²) in [6.45, 7) is 3.59. The Labute approximate surface area is 84.2 Å². The Kier molecular flexibility index (Phi) is 3.87. The Morgan fingerprint density at radius 3 is 2.36 bits per heavy atom. The van der Waals surface area contributed by atoms with E-state index >= 15 is 0 Å². The van der Waals surface area contributed by atoms with E-state index in [1.165, 1.54) is 0 Å². The molecule has 0 saturated heterocycles. The lowest BCUT2D eigenvalue weighted by molar-refractivity contribution is 0.228. The zero-order chi connectivity index (χ0) is 10.6. The van der Waals surface area contributed by atoms with Gasteiger partial charge in [-0.3, -0.25) is 4.57 Å². The molecule has 0 radical (unpaired) electrons. The van der Waals surface area contributed by atoms with Crippen LogP contribution in [0.1, 0.15) is 13.8 Å². The predicted molar refractivity (Wildman–Crippen MR) is 57.0 cm³/mol. The molecule has 1 N–H and O–H groups in total. The highest BCUT2D eigenvalue weighted by atomic mass is 31.2. The van der Waals surface area contributed by atoms with E-state index in [9.17, 15) is 4.57 Å². The maximum atomic E-state index is 12.1. The van der Waals surface area contributed by atoms with Gasteiger partial charge in [0.15, 0.2) is 0 Å². The van der Waals surface area contributed by atoms with E-state index in [4.69, 9.17) is 9.63 Å². The zero-order valence-electron chi connectivity index (χ0n) is 8.38. The van der Waals surface area contributed by atoms with Gasteiger partial charge in [0.25, 0.3) is 7.37 Å². The van der Waals surface area contributed by atoms with Crippen LogP contribution in [-0.4, -0.2) is 17.6 Å². The van der Waals surface area contributed by atoms with Crippen molar-refractivity contribution in [3.63, 3.8) is 0 Å². The fourth-order valence-electron chi connectivity index (χ4n) is 1.17. The summed E-state index contributed by atoms with van der Waals surface area (Å²) in [7, 11) is -3.05. The largest absolute Gasteiger partial charge is 0.386 e. The molecule has 0 heterocycles. The Morgan fingerprint density at radius 1 is 1.36 bits per heavy atom. The number of aliphatic hydroxyl groups is 1. The molecule has 0 aliphatic heterocycles. The van der Waals surface area contributed by atoms with E-state index in [0.717, 1.165) is 0 Å². The molecule has 0 unspecified atom stereocenters. The average molecular weight is 214 g/mol. The summed E-state index contributed by atoms with van der Waals surface area (Å²) >= 11 is 0. The van der Waals surface area contributed by atoms with Crippen molar-refractivity contribution in [1.82, 2.24) is 0 Å². The van der Waals surface area contributed by atoms with Gasteiger partial charge in [0.1, 0.15) is 6.35 Å². The Bertz CT molecular complexity index is 321. The molecule has 0 saturated carbocycles. The molecule has 0 aliphatic carbocycles. The van der Waals surface area contributed by atoms with E-state index in [1.807, 2.05) is 6.07 Å². The SMILES string of the molecule is CC(C)O[P@@](=O)(CO)c1ccccc1. The standard InChI is InChI=1S/C10H15O3P/c1-9(2)13-14(12,8-11)10-6-4-3-5-7-10/h3-7,9,11H,8H2,1-2H3/t14-/m0/s1. The van der Waals surface area contributed by atoms with E-state index in [-0.39, 0.29) is 6.10 Å². The van der Waals surface area contributed by atoms with Crippen LogP contribution in [-0.2, 0) is 9.09 Å². The number of hydrogen-bond acceptors (Lipinski definition) is 3. The molecule has 14 heavy (non-hydrogen) atoms. The van der Waals surface area contributed by atoms with Gasteiger partial charge in [-0.05, 0) is 26.0 Å². The van der Waals surface area contributed by atoms with Gasteiger partial charge in [-0.2, -0.15) is 0 Å². The second-order valence-corrected chi connectivity index (χ2v) is 5.66. The lowest BCUT2D eigenvalue weighted by Crippen LogP contribution is -2.13. The first-order chi connectivity index (χ1) is 6.58. The van der Waals surface area contributed by atoms with E-state index in [1.54, 1.807) is 38.1 Å². The third-order valence-electron chi connectivity index (χ3n) is 1.72. The highest BCUT2D eigenvalue weighted by molar-refractivity contribution is 7.66. The van der Waals surface area contributed by atoms with Gasteiger partial charge < -0.3 is 9.63 Å². The molecule has 0 bridgehead atoms. The van der Waals surface area contributed by atoms with E-state index in [2.05, 4.69) is 0 Å². The van der Waals surface area contributed by atoms with Crippen LogP contribution in [0.15, 0.2) is 30.3 Å². The highest BCUT2D eigenvalue weighted by Gasteiger charge is 2.25. The molecule has 4 heteroatoms. The molecule has 0 amide bonds. The van der Waals surface area contributed by atoms with Crippen LogP contribution in [0.25, 0.3) is 0 Å². The smallest absolute Gasteiger partial charge is 0.256 e. The second-order valence-electron chi connectivity index (χ2n) is 3.30. The minimum atomic E-state index is -3.05. The highest BCUT2D eigenvalue weighted by Crippen LogP contribution is 2.45. The van der Waals surface area contributed by atoms with Crippen LogP contribution in [0.3, 0.4) is 0 Å². The van der Waals surface area contributed by atoms with Crippen molar-refractivity contribution in [3.8, 4) is 0 Å². The molecule has 0 fully saturated rings. The molecule has 0 aromatic heterocycles. The number of aliphatic hydroxyl groups excluding tert-OH is 1. The first kappa shape index (κ1) is 11.4. The molecule has 78 valence electrons. The Morgan fingerprint density at radius 2 is 1.93 bits per heavy atom. The monoisotopic (exact) mass is 214 g/mol. The van der Waals surface area contributed by atoms with Crippen molar-refractivity contribution in [2.24, 2.45) is 0 Å². The molecule has 1 aromatic rings. The number of hydrogen-bond donors (Lipinski definition) is 1. The second kappa shape index (κ2) is 4.74. The van der Waals surface area contributed by atoms with Crippen LogP contribution in [0.4, 0.5) is 0 Å². The van der Waals surface area contributed by atoms with E-state index in [0.29, 0.717) is 5.30 Å². The van der Waals surface area contributed by atoms with Gasteiger partial charge in [0.2, 0.25) is 0 Å². The minimum absolute atomic E-state index is 0.159. The lowest BCUT2D eigenvalue weighted by atomic mass is 10.4. The van der Waals surface area contributed by atoms with Crippen molar-refractivity contribution in [3.05, 3.63) is 30.3 Å². The van der Waals surface area contributed by atoms with Gasteiger partial charge in [0, 0.05) is 5.30 Å². The topological polar surface area (TPSA) is 46.5 Å². The van der Waals surface area contributed by atoms with Gasteiger partial charge >= 0.3 is 0 Å². The summed E-state index contributed by atoms with van der Waals surface area (Å²) < 4.78 is 17.4. The van der Waals surface area contributed by atoms with Crippen LogP contribution in [0.2, 0.25) is 0 Å². The third-order valence-corrected chi connectivity index (χ3v) is 3.94. The molecule has 3 nitrogen and oxygen atoms in total. The average Bonchev–Trinajstić information content (AvgIpc) is 2.18. The third kappa shape index (κ3) is 2.68. The van der Waals surface area contributed by atoms with Crippen LogP contribution >= 0.6 is 7.37 Å². The molecule has 1 rings (SSSR count). The zero-order valence-corrected chi connectivity index (χ0v) is 9.28. The van der Waals surface area contributed by atoms with Crippen LogP contribution < -0.4 is 5.30 Å². The number of benzene rings is 1. The van der Waals surface area contributed by atoms with Crippen molar-refractivity contribution >= 4 is 12.7 Å². The predicted octanol–water partition coefficient (Wildman–Crippen LogP) is 1.96. The van der Waals surface area contributed by atoms with E-state index < -0.39 is 13.7 Å². The maximum Gasteiger partial charge on any atom is 0.256 e. The van der Waals surface area contributed by atoms with Crippen molar-refractivity contribution < 1.29 is 14.2 Å².